The van der Waals surface area contributed by atoms with Crippen molar-refractivity contribution in [2.45, 2.75) is 24.7 Å². The summed E-state index contributed by atoms with van der Waals surface area (Å²) in [5.41, 5.74) is 0.995. The molecule has 92 valence electrons. The molecule has 0 spiro atoms. The van der Waals surface area contributed by atoms with E-state index in [0.717, 1.165) is 18.4 Å². The summed E-state index contributed by atoms with van der Waals surface area (Å²) in [5.74, 6) is -0.195. The number of aliphatic carboxylic acids is 1. The molecular formula is C13H12N2O3. The van der Waals surface area contributed by atoms with Crippen LogP contribution >= 0.6 is 0 Å². The molecule has 3 rings (SSSR count). The molecule has 1 aliphatic rings. The van der Waals surface area contributed by atoms with Gasteiger partial charge >= 0.3 is 5.97 Å². The fourth-order valence-corrected chi connectivity index (χ4v) is 2.17. The number of carboxylic acid groups (broad SMARTS) is 1. The number of hydrogen-bond acceptors (Lipinski definition) is 4. The summed E-state index contributed by atoms with van der Waals surface area (Å²) >= 11 is 0. The lowest BCUT2D eigenvalue weighted by Gasteiger charge is -2.09. The van der Waals surface area contributed by atoms with Gasteiger partial charge in [-0.1, -0.05) is 35.5 Å². The van der Waals surface area contributed by atoms with Crippen LogP contribution in [-0.4, -0.2) is 21.2 Å². The molecule has 0 saturated heterocycles. The number of benzene rings is 1. The van der Waals surface area contributed by atoms with Crippen LogP contribution in [0, 0.1) is 0 Å². The predicted molar refractivity (Wildman–Crippen MR) is 62.1 cm³/mol. The van der Waals surface area contributed by atoms with Crippen LogP contribution in [0.3, 0.4) is 0 Å². The highest BCUT2D eigenvalue weighted by Gasteiger charge is 2.49. The first-order chi connectivity index (χ1) is 8.71. The van der Waals surface area contributed by atoms with Gasteiger partial charge in [0.15, 0.2) is 5.82 Å². The minimum Gasteiger partial charge on any atom is -0.481 e. The lowest BCUT2D eigenvalue weighted by atomic mass is 9.95. The molecule has 0 radical (unpaired) electrons. The molecule has 2 aromatic rings. The zero-order valence-electron chi connectivity index (χ0n) is 9.67. The van der Waals surface area contributed by atoms with Gasteiger partial charge in [-0.05, 0) is 18.4 Å². The molecule has 1 aromatic heterocycles. The van der Waals surface area contributed by atoms with Crippen molar-refractivity contribution in [3.63, 3.8) is 0 Å². The third-order valence-electron chi connectivity index (χ3n) is 3.27. The fraction of sp³-hybridized carbons (Fsp3) is 0.308. The van der Waals surface area contributed by atoms with Crippen LogP contribution < -0.4 is 0 Å². The minimum atomic E-state index is -0.963. The zero-order chi connectivity index (χ0) is 12.6. The Labute approximate surface area is 103 Å². The Kier molecular flexibility index (Phi) is 2.40. The molecule has 5 heteroatoms. The molecule has 18 heavy (non-hydrogen) atoms. The Morgan fingerprint density at radius 2 is 2.06 bits per heavy atom. The van der Waals surface area contributed by atoms with Crippen LogP contribution in [0.25, 0.3) is 0 Å². The maximum absolute atomic E-state index is 10.6. The average molecular weight is 244 g/mol. The second-order valence-corrected chi connectivity index (χ2v) is 4.53. The summed E-state index contributed by atoms with van der Waals surface area (Å²) in [5, 5.41) is 12.6. The monoisotopic (exact) mass is 244 g/mol. The third kappa shape index (κ3) is 1.77. The van der Waals surface area contributed by atoms with E-state index in [9.17, 15) is 4.79 Å². The van der Waals surface area contributed by atoms with Gasteiger partial charge in [-0.3, -0.25) is 4.79 Å². The number of aromatic nitrogens is 2. The van der Waals surface area contributed by atoms with Crippen molar-refractivity contribution in [2.24, 2.45) is 0 Å². The van der Waals surface area contributed by atoms with E-state index in [4.69, 9.17) is 9.63 Å². The highest BCUT2D eigenvalue weighted by molar-refractivity contribution is 5.68. The van der Waals surface area contributed by atoms with Gasteiger partial charge in [0, 0.05) is 0 Å². The molecule has 1 aromatic carbocycles. The molecule has 1 saturated carbocycles. The Morgan fingerprint density at radius 3 is 2.67 bits per heavy atom. The summed E-state index contributed by atoms with van der Waals surface area (Å²) in [6.07, 6.45) is 1.73. The van der Waals surface area contributed by atoms with E-state index in [2.05, 4.69) is 10.1 Å². The highest BCUT2D eigenvalue weighted by atomic mass is 16.5. The Bertz CT molecular complexity index is 573. The van der Waals surface area contributed by atoms with Gasteiger partial charge in [0.25, 0.3) is 0 Å². The van der Waals surface area contributed by atoms with Crippen LogP contribution in [0.4, 0.5) is 0 Å². The average Bonchev–Trinajstić information content (AvgIpc) is 3.05. The SMILES string of the molecule is O=C(O)Cc1nc(C2(c3ccccc3)CC2)no1. The van der Waals surface area contributed by atoms with Gasteiger partial charge < -0.3 is 9.63 Å². The molecule has 0 unspecified atom stereocenters. The molecule has 0 atom stereocenters. The first-order valence-corrected chi connectivity index (χ1v) is 5.81. The lowest BCUT2D eigenvalue weighted by Crippen LogP contribution is -2.11. The Morgan fingerprint density at radius 1 is 1.33 bits per heavy atom. The van der Waals surface area contributed by atoms with Gasteiger partial charge in [-0.25, -0.2) is 0 Å². The van der Waals surface area contributed by atoms with Crippen LogP contribution in [0.15, 0.2) is 34.9 Å². The lowest BCUT2D eigenvalue weighted by molar-refractivity contribution is -0.136. The Balaban J connectivity index is 1.91. The van der Waals surface area contributed by atoms with Crippen LogP contribution in [0.2, 0.25) is 0 Å². The van der Waals surface area contributed by atoms with Crippen molar-refractivity contribution in [1.82, 2.24) is 10.1 Å². The van der Waals surface area contributed by atoms with Gasteiger partial charge in [0.2, 0.25) is 5.89 Å². The minimum absolute atomic E-state index is 0.165. The standard InChI is InChI=1S/C13H12N2O3/c16-11(17)8-10-14-12(15-18-10)13(6-7-13)9-4-2-1-3-5-9/h1-5H,6-8H2,(H,16,17). The van der Waals surface area contributed by atoms with Gasteiger partial charge in [-0.15, -0.1) is 0 Å². The quantitative estimate of drug-likeness (QED) is 0.887. The van der Waals surface area contributed by atoms with E-state index in [1.807, 2.05) is 30.3 Å². The summed E-state index contributed by atoms with van der Waals surface area (Å²) in [6.45, 7) is 0. The van der Waals surface area contributed by atoms with Crippen molar-refractivity contribution >= 4 is 5.97 Å². The second kappa shape index (κ2) is 3.94. The van der Waals surface area contributed by atoms with E-state index in [1.54, 1.807) is 0 Å². The maximum Gasteiger partial charge on any atom is 0.312 e. The zero-order valence-corrected chi connectivity index (χ0v) is 9.67. The van der Waals surface area contributed by atoms with Crippen LogP contribution in [0.1, 0.15) is 30.1 Å². The molecule has 0 bridgehead atoms. The van der Waals surface area contributed by atoms with Gasteiger partial charge in [-0.2, -0.15) is 4.98 Å². The number of carbonyl (C=O) groups is 1. The van der Waals surface area contributed by atoms with E-state index >= 15 is 0 Å². The molecule has 5 nitrogen and oxygen atoms in total. The highest BCUT2D eigenvalue weighted by Crippen LogP contribution is 2.52. The van der Waals surface area contributed by atoms with E-state index in [1.165, 1.54) is 0 Å². The van der Waals surface area contributed by atoms with Crippen molar-refractivity contribution in [2.75, 3.05) is 0 Å². The Hall–Kier alpha value is -2.17. The second-order valence-electron chi connectivity index (χ2n) is 4.53. The van der Waals surface area contributed by atoms with Gasteiger partial charge in [0.05, 0.1) is 5.41 Å². The summed E-state index contributed by atoms with van der Waals surface area (Å²) < 4.78 is 4.98. The van der Waals surface area contributed by atoms with Crippen LogP contribution in [-0.2, 0) is 16.6 Å². The first-order valence-electron chi connectivity index (χ1n) is 5.81. The van der Waals surface area contributed by atoms with Crippen molar-refractivity contribution in [3.05, 3.63) is 47.6 Å². The van der Waals surface area contributed by atoms with Crippen LogP contribution in [0.5, 0.6) is 0 Å². The molecule has 0 aliphatic heterocycles. The molecule has 1 fully saturated rings. The number of nitrogens with zero attached hydrogens (tertiary/aromatic N) is 2. The number of rotatable bonds is 4. The van der Waals surface area contributed by atoms with Crippen molar-refractivity contribution < 1.29 is 14.4 Å². The molecule has 1 heterocycles. The largest absolute Gasteiger partial charge is 0.481 e. The summed E-state index contributed by atoms with van der Waals surface area (Å²) in [4.78, 5) is 14.8. The third-order valence-corrected chi connectivity index (χ3v) is 3.27. The number of carboxylic acids is 1. The van der Waals surface area contributed by atoms with E-state index < -0.39 is 5.97 Å². The van der Waals surface area contributed by atoms with Crippen molar-refractivity contribution in [3.8, 4) is 0 Å². The normalized spacial score (nSPS) is 16.4. The van der Waals surface area contributed by atoms with Gasteiger partial charge in [0.1, 0.15) is 6.42 Å². The predicted octanol–water partition coefficient (Wildman–Crippen LogP) is 1.78. The molecule has 0 amide bonds. The number of hydrogen-bond donors (Lipinski definition) is 1. The summed E-state index contributed by atoms with van der Waals surface area (Å²) in [6, 6.07) is 10.0. The van der Waals surface area contributed by atoms with E-state index in [-0.39, 0.29) is 17.7 Å². The maximum atomic E-state index is 10.6. The summed E-state index contributed by atoms with van der Waals surface area (Å²) in [7, 11) is 0. The smallest absolute Gasteiger partial charge is 0.312 e. The molecule has 1 N–H and O–H groups in total. The molecular weight excluding hydrogens is 232 g/mol. The molecule has 1 aliphatic carbocycles. The fourth-order valence-electron chi connectivity index (χ4n) is 2.17. The van der Waals surface area contributed by atoms with E-state index in [0.29, 0.717) is 5.82 Å². The first kappa shape index (κ1) is 11.0. The van der Waals surface area contributed by atoms with Crippen molar-refractivity contribution in [1.29, 1.82) is 0 Å². The topological polar surface area (TPSA) is 76.2 Å².